The third kappa shape index (κ3) is 3.33. The zero-order chi connectivity index (χ0) is 11.3. The molecule has 0 saturated carbocycles. The van der Waals surface area contributed by atoms with Crippen molar-refractivity contribution in [3.63, 3.8) is 0 Å². The van der Waals surface area contributed by atoms with E-state index in [0.29, 0.717) is 0 Å². The van der Waals surface area contributed by atoms with Gasteiger partial charge in [-0.25, -0.2) is 4.39 Å². The summed E-state index contributed by atoms with van der Waals surface area (Å²) in [6.07, 6.45) is 2.83. The van der Waals surface area contributed by atoms with Gasteiger partial charge in [0.25, 0.3) is 0 Å². The van der Waals surface area contributed by atoms with Crippen molar-refractivity contribution in [3.8, 4) is 0 Å². The van der Waals surface area contributed by atoms with Gasteiger partial charge in [-0.15, -0.1) is 6.58 Å². The topological polar surface area (TPSA) is 12.0 Å². The Bertz CT molecular complexity index is 338. The molecule has 1 rings (SSSR count). The summed E-state index contributed by atoms with van der Waals surface area (Å²) in [5.41, 5.74) is 0.935. The molecule has 0 radical (unpaired) electrons. The van der Waals surface area contributed by atoms with Crippen LogP contribution in [0.1, 0.15) is 24.9 Å². The van der Waals surface area contributed by atoms with Gasteiger partial charge in [0.05, 0.1) is 11.1 Å². The van der Waals surface area contributed by atoms with Crippen LogP contribution in [0.3, 0.4) is 0 Å². The van der Waals surface area contributed by atoms with Gasteiger partial charge in [-0.1, -0.05) is 30.7 Å². The van der Waals surface area contributed by atoms with Gasteiger partial charge in [-0.2, -0.15) is 0 Å². The summed E-state index contributed by atoms with van der Waals surface area (Å²) in [5.74, 6) is -0.390. The van der Waals surface area contributed by atoms with Crippen molar-refractivity contribution in [1.29, 1.82) is 0 Å². The van der Waals surface area contributed by atoms with E-state index in [9.17, 15) is 4.39 Å². The molecule has 0 spiro atoms. The summed E-state index contributed by atoms with van der Waals surface area (Å²) in [5, 5.41) is 3.43. The van der Waals surface area contributed by atoms with Gasteiger partial charge >= 0.3 is 0 Å². The predicted octanol–water partition coefficient (Wildman–Crippen LogP) is 3.71. The van der Waals surface area contributed by atoms with Gasteiger partial charge in [0.2, 0.25) is 0 Å². The van der Waals surface area contributed by atoms with E-state index in [0.717, 1.165) is 18.5 Å². The van der Waals surface area contributed by atoms with Gasteiger partial charge in [-0.3, -0.25) is 0 Å². The van der Waals surface area contributed by atoms with Crippen LogP contribution in [-0.2, 0) is 0 Å². The SMILES string of the molecule is C=CC(NCCC)c1ccc(F)c(Cl)c1. The van der Waals surface area contributed by atoms with Crippen LogP contribution in [0.15, 0.2) is 30.9 Å². The molecule has 0 heterocycles. The van der Waals surface area contributed by atoms with Crippen LogP contribution in [0.25, 0.3) is 0 Å². The van der Waals surface area contributed by atoms with Crippen molar-refractivity contribution < 1.29 is 4.39 Å². The Hall–Kier alpha value is -0.860. The first-order valence-electron chi connectivity index (χ1n) is 5.00. The molecule has 0 amide bonds. The van der Waals surface area contributed by atoms with Crippen LogP contribution in [0.4, 0.5) is 4.39 Å². The lowest BCUT2D eigenvalue weighted by Crippen LogP contribution is -2.20. The third-order valence-corrected chi connectivity index (χ3v) is 2.44. The van der Waals surface area contributed by atoms with Crippen LogP contribution >= 0.6 is 11.6 Å². The molecule has 1 N–H and O–H groups in total. The highest BCUT2D eigenvalue weighted by atomic mass is 35.5. The standard InChI is InChI=1S/C12H15ClFN/c1-3-7-15-12(4-2)9-5-6-11(14)10(13)8-9/h4-6,8,12,15H,2-3,7H2,1H3. The largest absolute Gasteiger partial charge is 0.307 e. The number of rotatable bonds is 5. The molecule has 1 aromatic rings. The van der Waals surface area contributed by atoms with E-state index in [-0.39, 0.29) is 11.1 Å². The predicted molar refractivity (Wildman–Crippen MR) is 62.6 cm³/mol. The van der Waals surface area contributed by atoms with Crippen LogP contribution < -0.4 is 5.32 Å². The van der Waals surface area contributed by atoms with Crippen LogP contribution in [0, 0.1) is 5.82 Å². The molecule has 1 unspecified atom stereocenters. The first-order chi connectivity index (χ1) is 7.19. The molecular weight excluding hydrogens is 213 g/mol. The van der Waals surface area contributed by atoms with Crippen LogP contribution in [0.5, 0.6) is 0 Å². The van der Waals surface area contributed by atoms with Crippen molar-refractivity contribution in [2.75, 3.05) is 6.54 Å². The zero-order valence-electron chi connectivity index (χ0n) is 8.76. The summed E-state index contributed by atoms with van der Waals surface area (Å²) in [4.78, 5) is 0. The van der Waals surface area contributed by atoms with Crippen molar-refractivity contribution in [2.45, 2.75) is 19.4 Å². The maximum absolute atomic E-state index is 12.9. The Morgan fingerprint density at radius 2 is 2.33 bits per heavy atom. The number of hydrogen-bond donors (Lipinski definition) is 1. The minimum atomic E-state index is -0.390. The van der Waals surface area contributed by atoms with Gasteiger partial charge < -0.3 is 5.32 Å². The van der Waals surface area contributed by atoms with Crippen LogP contribution in [0.2, 0.25) is 5.02 Å². The van der Waals surface area contributed by atoms with E-state index in [1.807, 2.05) is 0 Å². The fourth-order valence-electron chi connectivity index (χ4n) is 1.34. The normalized spacial score (nSPS) is 12.5. The Morgan fingerprint density at radius 3 is 2.87 bits per heavy atom. The molecule has 1 atom stereocenters. The average molecular weight is 228 g/mol. The highest BCUT2D eigenvalue weighted by molar-refractivity contribution is 6.30. The number of hydrogen-bond acceptors (Lipinski definition) is 1. The molecule has 0 aliphatic carbocycles. The highest BCUT2D eigenvalue weighted by Crippen LogP contribution is 2.21. The molecule has 82 valence electrons. The highest BCUT2D eigenvalue weighted by Gasteiger charge is 2.08. The summed E-state index contributed by atoms with van der Waals surface area (Å²) in [6.45, 7) is 6.73. The molecule has 1 nitrogen and oxygen atoms in total. The van der Waals surface area contributed by atoms with E-state index in [1.165, 1.54) is 6.07 Å². The van der Waals surface area contributed by atoms with Gasteiger partial charge in [0.15, 0.2) is 0 Å². The maximum atomic E-state index is 12.9. The van der Waals surface area contributed by atoms with E-state index in [2.05, 4.69) is 18.8 Å². The fourth-order valence-corrected chi connectivity index (χ4v) is 1.53. The molecule has 0 saturated heterocycles. The molecule has 15 heavy (non-hydrogen) atoms. The molecule has 1 aromatic carbocycles. The van der Waals surface area contributed by atoms with E-state index < -0.39 is 5.82 Å². The van der Waals surface area contributed by atoms with Crippen molar-refractivity contribution in [3.05, 3.63) is 47.3 Å². The van der Waals surface area contributed by atoms with Crippen molar-refractivity contribution in [2.24, 2.45) is 0 Å². The second-order valence-corrected chi connectivity index (χ2v) is 3.75. The van der Waals surface area contributed by atoms with E-state index in [4.69, 9.17) is 11.6 Å². The summed E-state index contributed by atoms with van der Waals surface area (Å²) >= 11 is 5.71. The number of benzene rings is 1. The van der Waals surface area contributed by atoms with E-state index in [1.54, 1.807) is 18.2 Å². The Balaban J connectivity index is 2.82. The van der Waals surface area contributed by atoms with Crippen LogP contribution in [-0.4, -0.2) is 6.54 Å². The second-order valence-electron chi connectivity index (χ2n) is 3.34. The minimum Gasteiger partial charge on any atom is -0.307 e. The van der Waals surface area contributed by atoms with Gasteiger partial charge in [0, 0.05) is 0 Å². The molecule has 0 bridgehead atoms. The maximum Gasteiger partial charge on any atom is 0.141 e. The third-order valence-electron chi connectivity index (χ3n) is 2.15. The Labute approximate surface area is 95.0 Å². The summed E-state index contributed by atoms with van der Waals surface area (Å²) < 4.78 is 12.9. The lowest BCUT2D eigenvalue weighted by molar-refractivity contribution is 0.605. The molecule has 0 aliphatic heterocycles. The molecule has 0 aliphatic rings. The number of nitrogens with one attached hydrogen (secondary N) is 1. The first kappa shape index (κ1) is 12.2. The van der Waals surface area contributed by atoms with E-state index >= 15 is 0 Å². The lowest BCUT2D eigenvalue weighted by atomic mass is 10.1. The smallest absolute Gasteiger partial charge is 0.141 e. The molecular formula is C12H15ClFN. The molecule has 0 fully saturated rings. The zero-order valence-corrected chi connectivity index (χ0v) is 9.52. The minimum absolute atomic E-state index is 0.0306. The fraction of sp³-hybridized carbons (Fsp3) is 0.333. The lowest BCUT2D eigenvalue weighted by Gasteiger charge is -2.14. The molecule has 3 heteroatoms. The Morgan fingerprint density at radius 1 is 1.60 bits per heavy atom. The summed E-state index contributed by atoms with van der Waals surface area (Å²) in [6, 6.07) is 4.76. The average Bonchev–Trinajstić information content (AvgIpc) is 2.24. The quantitative estimate of drug-likeness (QED) is 0.757. The monoisotopic (exact) mass is 227 g/mol. The second kappa shape index (κ2) is 5.89. The van der Waals surface area contributed by atoms with Crippen molar-refractivity contribution >= 4 is 11.6 Å². The van der Waals surface area contributed by atoms with Gasteiger partial charge in [0.1, 0.15) is 5.82 Å². The van der Waals surface area contributed by atoms with Gasteiger partial charge in [-0.05, 0) is 30.7 Å². The summed E-state index contributed by atoms with van der Waals surface area (Å²) in [7, 11) is 0. The Kier molecular flexibility index (Phi) is 4.79. The first-order valence-corrected chi connectivity index (χ1v) is 5.37. The molecule has 0 aromatic heterocycles. The van der Waals surface area contributed by atoms with Crippen molar-refractivity contribution in [1.82, 2.24) is 5.32 Å². The number of halogens is 2.